The molecule has 1 aliphatic carbocycles. The molecular formula is C18H23N7O. The highest BCUT2D eigenvalue weighted by atomic mass is 16.1. The molecule has 8 heteroatoms. The highest BCUT2D eigenvalue weighted by molar-refractivity contribution is 5.81. The lowest BCUT2D eigenvalue weighted by atomic mass is 10.2. The lowest BCUT2D eigenvalue weighted by molar-refractivity contribution is 0.519. The molecule has 3 heterocycles. The lowest BCUT2D eigenvalue weighted by Crippen LogP contribution is -2.25. The van der Waals surface area contributed by atoms with Crippen molar-refractivity contribution in [1.82, 2.24) is 29.8 Å². The molecule has 8 nitrogen and oxygen atoms in total. The molecule has 0 unspecified atom stereocenters. The molecule has 0 radical (unpaired) electrons. The number of aromatic nitrogens is 5. The number of fused-ring (bicyclic) bond motifs is 1. The van der Waals surface area contributed by atoms with E-state index < -0.39 is 0 Å². The molecule has 0 bridgehead atoms. The van der Waals surface area contributed by atoms with Crippen LogP contribution in [0.4, 0.5) is 5.82 Å². The number of nitrogen functional groups attached to an aromatic ring is 1. The van der Waals surface area contributed by atoms with Gasteiger partial charge in [-0.2, -0.15) is 0 Å². The molecule has 1 saturated carbocycles. The first-order chi connectivity index (χ1) is 12.6. The van der Waals surface area contributed by atoms with E-state index in [2.05, 4.69) is 25.3 Å². The van der Waals surface area contributed by atoms with Gasteiger partial charge in [0.05, 0.1) is 12.2 Å². The average Bonchev–Trinajstić information content (AvgIpc) is 3.24. The number of nitrogens with zero attached hydrogens (tertiary/aromatic N) is 4. The summed E-state index contributed by atoms with van der Waals surface area (Å²) in [6.07, 6.45) is 6.96. The van der Waals surface area contributed by atoms with Crippen LogP contribution in [0.2, 0.25) is 0 Å². The van der Waals surface area contributed by atoms with Crippen molar-refractivity contribution < 1.29 is 0 Å². The first kappa shape index (κ1) is 16.7. The van der Waals surface area contributed by atoms with Gasteiger partial charge in [0.25, 0.3) is 0 Å². The second-order valence-corrected chi connectivity index (χ2v) is 6.89. The number of nitrogens with two attached hydrogens (primary N) is 1. The van der Waals surface area contributed by atoms with Crippen LogP contribution in [0.1, 0.15) is 42.8 Å². The number of aromatic amines is 1. The predicted octanol–water partition coefficient (Wildman–Crippen LogP) is 1.49. The van der Waals surface area contributed by atoms with E-state index in [9.17, 15) is 4.79 Å². The monoisotopic (exact) mass is 353 g/mol. The van der Waals surface area contributed by atoms with Gasteiger partial charge >= 0.3 is 5.69 Å². The van der Waals surface area contributed by atoms with Gasteiger partial charge in [0, 0.05) is 18.8 Å². The van der Waals surface area contributed by atoms with Gasteiger partial charge in [-0.1, -0.05) is 18.9 Å². The number of nitrogens with one attached hydrogen (secondary N) is 2. The van der Waals surface area contributed by atoms with Crippen molar-refractivity contribution in [2.24, 2.45) is 0 Å². The Balaban J connectivity index is 1.51. The minimum absolute atomic E-state index is 0.251. The van der Waals surface area contributed by atoms with Gasteiger partial charge in [0.2, 0.25) is 0 Å². The van der Waals surface area contributed by atoms with Crippen LogP contribution in [0.15, 0.2) is 23.1 Å². The summed E-state index contributed by atoms with van der Waals surface area (Å²) in [7, 11) is 0. The molecule has 3 aromatic heterocycles. The van der Waals surface area contributed by atoms with Crippen LogP contribution in [0.3, 0.4) is 0 Å². The smallest absolute Gasteiger partial charge is 0.328 e. The maximum absolute atomic E-state index is 12.3. The second-order valence-electron chi connectivity index (χ2n) is 6.89. The zero-order valence-electron chi connectivity index (χ0n) is 14.8. The van der Waals surface area contributed by atoms with Gasteiger partial charge in [0.1, 0.15) is 11.3 Å². The first-order valence-electron chi connectivity index (χ1n) is 9.00. The Labute approximate surface area is 150 Å². The lowest BCUT2D eigenvalue weighted by Gasteiger charge is -2.11. The van der Waals surface area contributed by atoms with E-state index in [1.165, 1.54) is 25.7 Å². The van der Waals surface area contributed by atoms with Gasteiger partial charge in [-0.3, -0.25) is 9.55 Å². The van der Waals surface area contributed by atoms with Crippen LogP contribution in [-0.2, 0) is 13.1 Å². The normalized spacial score (nSPS) is 15.1. The van der Waals surface area contributed by atoms with Gasteiger partial charge in [-0.25, -0.2) is 14.8 Å². The third kappa shape index (κ3) is 3.32. The fourth-order valence-electron chi connectivity index (χ4n) is 3.53. The maximum Gasteiger partial charge on any atom is 0.328 e. The van der Waals surface area contributed by atoms with Gasteiger partial charge in [0.15, 0.2) is 11.5 Å². The Morgan fingerprint density at radius 2 is 2.12 bits per heavy atom. The summed E-state index contributed by atoms with van der Waals surface area (Å²) in [4.78, 5) is 28.0. The number of hydrogen-bond donors (Lipinski definition) is 3. The molecule has 0 spiro atoms. The number of rotatable bonds is 5. The standard InChI is InChI=1S/C18H23N7O/c1-11-22-16(19)15-17(23-11)25(18(26)24-15)10-12-6-7-14(20-8-12)9-21-13-4-2-3-5-13/h6-8,13,21H,2-5,9-10H2,1H3,(H,24,26)(H2,19,22,23). The number of hydrogen-bond acceptors (Lipinski definition) is 6. The van der Waals surface area contributed by atoms with E-state index in [0.29, 0.717) is 29.6 Å². The van der Waals surface area contributed by atoms with Crippen molar-refractivity contribution in [1.29, 1.82) is 0 Å². The second kappa shape index (κ2) is 6.87. The molecule has 0 aliphatic heterocycles. The molecule has 136 valence electrons. The zero-order valence-corrected chi connectivity index (χ0v) is 14.8. The topological polar surface area (TPSA) is 115 Å². The van der Waals surface area contributed by atoms with Crippen molar-refractivity contribution in [3.05, 3.63) is 45.9 Å². The van der Waals surface area contributed by atoms with E-state index >= 15 is 0 Å². The number of anilines is 1. The average molecular weight is 353 g/mol. The summed E-state index contributed by atoms with van der Waals surface area (Å²) < 4.78 is 1.56. The SMILES string of the molecule is Cc1nc(N)c2[nH]c(=O)n(Cc3ccc(CNC4CCCC4)nc3)c2n1. The van der Waals surface area contributed by atoms with Crippen molar-refractivity contribution in [3.63, 3.8) is 0 Å². The summed E-state index contributed by atoms with van der Waals surface area (Å²) in [5.74, 6) is 0.823. The minimum Gasteiger partial charge on any atom is -0.382 e. The molecule has 1 fully saturated rings. The molecule has 3 aromatic rings. The van der Waals surface area contributed by atoms with E-state index in [1.807, 2.05) is 18.3 Å². The maximum atomic E-state index is 12.3. The fourth-order valence-corrected chi connectivity index (χ4v) is 3.53. The molecule has 1 aliphatic rings. The van der Waals surface area contributed by atoms with Crippen LogP contribution in [0, 0.1) is 6.92 Å². The fraction of sp³-hybridized carbons (Fsp3) is 0.444. The largest absolute Gasteiger partial charge is 0.382 e. The summed E-state index contributed by atoms with van der Waals surface area (Å²) >= 11 is 0. The van der Waals surface area contributed by atoms with Crippen LogP contribution in [-0.4, -0.2) is 30.5 Å². The molecular weight excluding hydrogens is 330 g/mol. The molecule has 26 heavy (non-hydrogen) atoms. The van der Waals surface area contributed by atoms with Crippen LogP contribution >= 0.6 is 0 Å². The Morgan fingerprint density at radius 1 is 1.31 bits per heavy atom. The van der Waals surface area contributed by atoms with E-state index in [4.69, 9.17) is 5.73 Å². The van der Waals surface area contributed by atoms with Crippen molar-refractivity contribution in [2.75, 3.05) is 5.73 Å². The summed E-state index contributed by atoms with van der Waals surface area (Å²) in [5, 5.41) is 3.56. The van der Waals surface area contributed by atoms with Crippen LogP contribution in [0.5, 0.6) is 0 Å². The van der Waals surface area contributed by atoms with Gasteiger partial charge in [-0.15, -0.1) is 0 Å². The van der Waals surface area contributed by atoms with Crippen molar-refractivity contribution in [3.8, 4) is 0 Å². The minimum atomic E-state index is -0.251. The van der Waals surface area contributed by atoms with Gasteiger partial charge in [-0.05, 0) is 31.4 Å². The van der Waals surface area contributed by atoms with Gasteiger partial charge < -0.3 is 16.0 Å². The van der Waals surface area contributed by atoms with E-state index in [1.54, 1.807) is 11.5 Å². The summed E-state index contributed by atoms with van der Waals surface area (Å²) in [6.45, 7) is 2.92. The Bertz CT molecular complexity index is 968. The molecule has 0 saturated heterocycles. The number of pyridine rings is 1. The molecule has 4 rings (SSSR count). The van der Waals surface area contributed by atoms with Crippen LogP contribution < -0.4 is 16.7 Å². The van der Waals surface area contributed by atoms with E-state index in [0.717, 1.165) is 17.8 Å². The van der Waals surface area contributed by atoms with E-state index in [-0.39, 0.29) is 11.5 Å². The number of aryl methyl sites for hydroxylation is 1. The predicted molar refractivity (Wildman–Crippen MR) is 99.7 cm³/mol. The molecule has 0 aromatic carbocycles. The summed E-state index contributed by atoms with van der Waals surface area (Å²) in [5.41, 5.74) is 8.58. The highest BCUT2D eigenvalue weighted by Gasteiger charge is 2.15. The highest BCUT2D eigenvalue weighted by Crippen LogP contribution is 2.18. The molecule has 4 N–H and O–H groups in total. The summed E-state index contributed by atoms with van der Waals surface area (Å²) in [6, 6.07) is 4.63. The Kier molecular flexibility index (Phi) is 4.42. The van der Waals surface area contributed by atoms with Crippen LogP contribution in [0.25, 0.3) is 11.2 Å². The Hall–Kier alpha value is -2.74. The van der Waals surface area contributed by atoms with Crippen molar-refractivity contribution in [2.45, 2.75) is 51.7 Å². The molecule has 0 amide bonds. The third-order valence-electron chi connectivity index (χ3n) is 4.92. The zero-order chi connectivity index (χ0) is 18.1. The molecule has 0 atom stereocenters. The quantitative estimate of drug-likeness (QED) is 0.640. The third-order valence-corrected chi connectivity index (χ3v) is 4.92. The first-order valence-corrected chi connectivity index (χ1v) is 9.00. The number of H-pyrrole nitrogens is 1. The number of imidazole rings is 1. The Morgan fingerprint density at radius 3 is 2.85 bits per heavy atom. The van der Waals surface area contributed by atoms with Crippen molar-refractivity contribution >= 4 is 17.0 Å².